The molecule has 1 amide bonds. The molecule has 0 spiro atoms. The third kappa shape index (κ3) is 3.04. The Morgan fingerprint density at radius 2 is 2.25 bits per heavy atom. The second-order valence-corrected chi connectivity index (χ2v) is 2.97. The Morgan fingerprint density at radius 3 is 2.81 bits per heavy atom. The molecule has 0 heterocycles. The molecule has 0 aliphatic rings. The number of hydrogen-bond acceptors (Lipinski definition) is 3. The lowest BCUT2D eigenvalue weighted by Crippen LogP contribution is -2.08. The molecule has 0 saturated carbocycles. The number of carbonyl (C=O) groups is 1. The fourth-order valence-electron chi connectivity index (χ4n) is 1.08. The standard InChI is InChI=1S/C12H10N2O2/c1-16-11-6-5-10(8-13)9(7-11)3-2-4-12(14)15/h5-7H,4H2,1H3,(H2,14,15). The van der Waals surface area contributed by atoms with Crippen molar-refractivity contribution in [1.82, 2.24) is 0 Å². The fourth-order valence-corrected chi connectivity index (χ4v) is 1.08. The fraction of sp³-hybridized carbons (Fsp3) is 0.167. The van der Waals surface area contributed by atoms with Crippen LogP contribution in [0.4, 0.5) is 0 Å². The Kier molecular flexibility index (Phi) is 3.94. The van der Waals surface area contributed by atoms with Crippen LogP contribution in [0.3, 0.4) is 0 Å². The molecule has 0 unspecified atom stereocenters. The summed E-state index contributed by atoms with van der Waals surface area (Å²) in [5.74, 6) is 5.43. The Morgan fingerprint density at radius 1 is 1.50 bits per heavy atom. The van der Waals surface area contributed by atoms with Crippen LogP contribution in [0.25, 0.3) is 0 Å². The summed E-state index contributed by atoms with van der Waals surface area (Å²) >= 11 is 0. The van der Waals surface area contributed by atoms with Gasteiger partial charge in [-0.3, -0.25) is 4.79 Å². The second-order valence-electron chi connectivity index (χ2n) is 2.97. The van der Waals surface area contributed by atoms with Gasteiger partial charge in [0.2, 0.25) is 5.91 Å². The molecular formula is C12H10N2O2. The Labute approximate surface area is 93.6 Å². The van der Waals surface area contributed by atoms with Crippen LogP contribution in [0.5, 0.6) is 5.75 Å². The molecule has 0 radical (unpaired) electrons. The van der Waals surface area contributed by atoms with Gasteiger partial charge in [0.05, 0.1) is 19.1 Å². The lowest BCUT2D eigenvalue weighted by molar-refractivity contribution is -0.117. The zero-order valence-corrected chi connectivity index (χ0v) is 8.78. The summed E-state index contributed by atoms with van der Waals surface area (Å²) < 4.78 is 5.01. The molecule has 0 bridgehead atoms. The average Bonchev–Trinajstić information content (AvgIpc) is 2.28. The molecule has 4 nitrogen and oxygen atoms in total. The summed E-state index contributed by atoms with van der Waals surface area (Å²) in [6, 6.07) is 6.95. The minimum absolute atomic E-state index is 0.0257. The van der Waals surface area contributed by atoms with E-state index in [-0.39, 0.29) is 6.42 Å². The summed E-state index contributed by atoms with van der Waals surface area (Å²) in [5.41, 5.74) is 5.93. The van der Waals surface area contributed by atoms with E-state index in [0.717, 1.165) is 0 Å². The maximum atomic E-state index is 10.5. The highest BCUT2D eigenvalue weighted by molar-refractivity contribution is 5.76. The molecule has 0 aliphatic heterocycles. The third-order valence-electron chi connectivity index (χ3n) is 1.83. The van der Waals surface area contributed by atoms with Gasteiger partial charge < -0.3 is 10.5 Å². The molecule has 80 valence electrons. The molecule has 2 N–H and O–H groups in total. The quantitative estimate of drug-likeness (QED) is 0.739. The first-order chi connectivity index (χ1) is 7.67. The number of methoxy groups -OCH3 is 1. The number of rotatable bonds is 2. The molecule has 16 heavy (non-hydrogen) atoms. The van der Waals surface area contributed by atoms with Crippen LogP contribution in [0.2, 0.25) is 0 Å². The summed E-state index contributed by atoms with van der Waals surface area (Å²) in [4.78, 5) is 10.5. The minimum Gasteiger partial charge on any atom is -0.497 e. The highest BCUT2D eigenvalue weighted by atomic mass is 16.5. The van der Waals surface area contributed by atoms with E-state index in [9.17, 15) is 4.79 Å². The zero-order chi connectivity index (χ0) is 12.0. The van der Waals surface area contributed by atoms with Gasteiger partial charge in [0.25, 0.3) is 0 Å². The van der Waals surface area contributed by atoms with Crippen molar-refractivity contribution in [2.75, 3.05) is 7.11 Å². The first-order valence-electron chi connectivity index (χ1n) is 4.52. The largest absolute Gasteiger partial charge is 0.497 e. The maximum absolute atomic E-state index is 10.5. The molecule has 0 aliphatic carbocycles. The molecule has 0 fully saturated rings. The average molecular weight is 214 g/mol. The van der Waals surface area contributed by atoms with Crippen LogP contribution in [0.15, 0.2) is 18.2 Å². The first-order valence-corrected chi connectivity index (χ1v) is 4.52. The van der Waals surface area contributed by atoms with Crippen LogP contribution in [-0.2, 0) is 4.79 Å². The van der Waals surface area contributed by atoms with E-state index in [1.807, 2.05) is 6.07 Å². The number of nitriles is 1. The third-order valence-corrected chi connectivity index (χ3v) is 1.83. The van der Waals surface area contributed by atoms with Gasteiger partial charge in [-0.2, -0.15) is 5.26 Å². The number of hydrogen-bond donors (Lipinski definition) is 1. The van der Waals surface area contributed by atoms with Gasteiger partial charge >= 0.3 is 0 Å². The summed E-state index contributed by atoms with van der Waals surface area (Å²) in [7, 11) is 1.53. The van der Waals surface area contributed by atoms with Crippen molar-refractivity contribution < 1.29 is 9.53 Å². The van der Waals surface area contributed by atoms with Crippen molar-refractivity contribution in [2.24, 2.45) is 5.73 Å². The predicted octanol–water partition coefficient (Wildman–Crippen LogP) is 0.794. The molecular weight excluding hydrogens is 204 g/mol. The van der Waals surface area contributed by atoms with Crippen LogP contribution in [-0.4, -0.2) is 13.0 Å². The summed E-state index contributed by atoms with van der Waals surface area (Å²) in [5, 5.41) is 8.84. The predicted molar refractivity (Wildman–Crippen MR) is 58.4 cm³/mol. The van der Waals surface area contributed by atoms with Gasteiger partial charge in [-0.05, 0) is 18.2 Å². The topological polar surface area (TPSA) is 76.1 Å². The van der Waals surface area contributed by atoms with Crippen molar-refractivity contribution in [3.8, 4) is 23.7 Å². The number of benzene rings is 1. The zero-order valence-electron chi connectivity index (χ0n) is 8.78. The lowest BCUT2D eigenvalue weighted by Gasteiger charge is -2.00. The molecule has 0 aromatic heterocycles. The van der Waals surface area contributed by atoms with Gasteiger partial charge in [0.1, 0.15) is 11.8 Å². The van der Waals surface area contributed by atoms with Gasteiger partial charge in [-0.15, -0.1) is 0 Å². The van der Waals surface area contributed by atoms with Crippen molar-refractivity contribution >= 4 is 5.91 Å². The molecule has 0 saturated heterocycles. The van der Waals surface area contributed by atoms with Gasteiger partial charge in [0, 0.05) is 5.56 Å². The lowest BCUT2D eigenvalue weighted by atomic mass is 10.1. The highest BCUT2D eigenvalue weighted by Gasteiger charge is 2.00. The maximum Gasteiger partial charge on any atom is 0.229 e. The number of primary amides is 1. The molecule has 4 heteroatoms. The molecule has 1 rings (SSSR count). The van der Waals surface area contributed by atoms with Gasteiger partial charge in [0.15, 0.2) is 0 Å². The normalized spacial score (nSPS) is 8.50. The Hall–Kier alpha value is -2.46. The number of ether oxygens (including phenoxy) is 1. The van der Waals surface area contributed by atoms with Crippen LogP contribution in [0.1, 0.15) is 17.5 Å². The monoisotopic (exact) mass is 214 g/mol. The Bertz CT molecular complexity index is 504. The van der Waals surface area contributed by atoms with Crippen molar-refractivity contribution in [3.63, 3.8) is 0 Å². The van der Waals surface area contributed by atoms with Gasteiger partial charge in [-0.25, -0.2) is 0 Å². The van der Waals surface area contributed by atoms with Crippen molar-refractivity contribution in [2.45, 2.75) is 6.42 Å². The van der Waals surface area contributed by atoms with Crippen LogP contribution >= 0.6 is 0 Å². The van der Waals surface area contributed by atoms with E-state index in [1.165, 1.54) is 7.11 Å². The number of nitrogens with two attached hydrogens (primary N) is 1. The highest BCUT2D eigenvalue weighted by Crippen LogP contribution is 2.16. The van der Waals surface area contributed by atoms with Gasteiger partial charge in [-0.1, -0.05) is 11.8 Å². The Balaban J connectivity index is 3.04. The molecule has 1 aromatic carbocycles. The molecule has 0 atom stereocenters. The number of nitrogens with zero attached hydrogens (tertiary/aromatic N) is 1. The summed E-state index contributed by atoms with van der Waals surface area (Å²) in [6.07, 6.45) is -0.0257. The van der Waals surface area contributed by atoms with E-state index in [2.05, 4.69) is 11.8 Å². The number of amides is 1. The van der Waals surface area contributed by atoms with E-state index >= 15 is 0 Å². The van der Waals surface area contributed by atoms with E-state index in [1.54, 1.807) is 18.2 Å². The summed E-state index contributed by atoms with van der Waals surface area (Å²) in [6.45, 7) is 0. The smallest absolute Gasteiger partial charge is 0.229 e. The van der Waals surface area contributed by atoms with Crippen molar-refractivity contribution in [3.05, 3.63) is 29.3 Å². The SMILES string of the molecule is COc1ccc(C#N)c(C#CCC(N)=O)c1. The van der Waals surface area contributed by atoms with Crippen LogP contribution in [0, 0.1) is 23.2 Å². The minimum atomic E-state index is -0.492. The molecule has 1 aromatic rings. The first kappa shape index (κ1) is 11.6. The van der Waals surface area contributed by atoms with Crippen LogP contribution < -0.4 is 10.5 Å². The van der Waals surface area contributed by atoms with E-state index in [0.29, 0.717) is 16.9 Å². The second kappa shape index (κ2) is 5.43. The van der Waals surface area contributed by atoms with E-state index in [4.69, 9.17) is 15.7 Å². The van der Waals surface area contributed by atoms with E-state index < -0.39 is 5.91 Å². The number of carbonyl (C=O) groups excluding carboxylic acids is 1. The van der Waals surface area contributed by atoms with Crippen molar-refractivity contribution in [1.29, 1.82) is 5.26 Å².